The molecule has 3 rings (SSSR count). The molecule has 0 spiro atoms. The van der Waals surface area contributed by atoms with Gasteiger partial charge < -0.3 is 9.84 Å². The summed E-state index contributed by atoms with van der Waals surface area (Å²) in [6.07, 6.45) is 0.556. The average Bonchev–Trinajstić information content (AvgIpc) is 2.80. The minimum Gasteiger partial charge on any atom is -0.488 e. The number of halogens is 1. The minimum atomic E-state index is -0.779. The molecule has 0 radical (unpaired) electrons. The second-order valence-corrected chi connectivity index (χ2v) is 6.27. The maximum absolute atomic E-state index is 13.2. The number of carboxylic acid groups (broad SMARTS) is 1. The number of ether oxygens (including phenoxy) is 1. The van der Waals surface area contributed by atoms with Gasteiger partial charge in [0.2, 0.25) is 0 Å². The summed E-state index contributed by atoms with van der Waals surface area (Å²) >= 11 is 1.67. The molecule has 20 heavy (non-hydrogen) atoms. The van der Waals surface area contributed by atoms with Crippen molar-refractivity contribution in [2.24, 2.45) is 0 Å². The number of rotatable bonds is 3. The highest BCUT2D eigenvalue weighted by Crippen LogP contribution is 2.30. The number of hydrogen-bond donors (Lipinski definition) is 1. The van der Waals surface area contributed by atoms with Gasteiger partial charge in [-0.3, -0.25) is 9.69 Å². The molecule has 2 aliphatic heterocycles. The van der Waals surface area contributed by atoms with Gasteiger partial charge in [0, 0.05) is 36.6 Å². The van der Waals surface area contributed by atoms with Gasteiger partial charge in [-0.2, -0.15) is 11.8 Å². The van der Waals surface area contributed by atoms with Crippen LogP contribution in [0.3, 0.4) is 0 Å². The largest absolute Gasteiger partial charge is 0.488 e. The lowest BCUT2D eigenvalue weighted by molar-refractivity contribution is -0.142. The molecule has 1 saturated heterocycles. The number of thioether (sulfide) groups is 1. The van der Waals surface area contributed by atoms with Crippen LogP contribution in [0.2, 0.25) is 0 Å². The van der Waals surface area contributed by atoms with E-state index in [9.17, 15) is 14.3 Å². The van der Waals surface area contributed by atoms with Crippen molar-refractivity contribution in [2.75, 3.05) is 24.6 Å². The van der Waals surface area contributed by atoms with Crippen LogP contribution in [-0.2, 0) is 11.2 Å². The van der Waals surface area contributed by atoms with E-state index < -0.39 is 12.0 Å². The van der Waals surface area contributed by atoms with Gasteiger partial charge in [-0.05, 0) is 18.2 Å². The third kappa shape index (κ3) is 2.76. The Balaban J connectivity index is 1.66. The Morgan fingerprint density at radius 2 is 2.40 bits per heavy atom. The Labute approximate surface area is 120 Å². The van der Waals surface area contributed by atoms with E-state index in [4.69, 9.17) is 4.74 Å². The first-order valence-electron chi connectivity index (χ1n) is 6.63. The van der Waals surface area contributed by atoms with Crippen LogP contribution in [0.4, 0.5) is 4.39 Å². The van der Waals surface area contributed by atoms with Crippen molar-refractivity contribution in [1.29, 1.82) is 0 Å². The smallest absolute Gasteiger partial charge is 0.321 e. The molecular formula is C14H16FNO3S. The van der Waals surface area contributed by atoms with Crippen LogP contribution in [-0.4, -0.2) is 52.7 Å². The standard InChI is InChI=1S/C14H16FNO3S/c15-10-1-2-13-9(5-10)6-11(19-13)7-16-3-4-20-8-12(16)14(17)18/h1-2,5,11-12H,3-4,6-8H2,(H,17,18). The summed E-state index contributed by atoms with van der Waals surface area (Å²) in [4.78, 5) is 13.2. The molecule has 1 fully saturated rings. The maximum atomic E-state index is 13.2. The first-order chi connectivity index (χ1) is 9.63. The highest BCUT2D eigenvalue weighted by Gasteiger charge is 2.33. The molecule has 108 valence electrons. The molecule has 0 aromatic heterocycles. The van der Waals surface area contributed by atoms with E-state index in [1.54, 1.807) is 17.8 Å². The van der Waals surface area contributed by atoms with Gasteiger partial charge in [-0.15, -0.1) is 0 Å². The monoisotopic (exact) mass is 297 g/mol. The van der Waals surface area contributed by atoms with Gasteiger partial charge in [0.05, 0.1) is 0 Å². The SMILES string of the molecule is O=C(O)C1CSCCN1CC1Cc2cc(F)ccc2O1. The molecule has 6 heteroatoms. The molecule has 2 unspecified atom stereocenters. The summed E-state index contributed by atoms with van der Waals surface area (Å²) in [5, 5.41) is 9.25. The van der Waals surface area contributed by atoms with Crippen LogP contribution in [0.25, 0.3) is 0 Å². The lowest BCUT2D eigenvalue weighted by Gasteiger charge is -2.33. The minimum absolute atomic E-state index is 0.0863. The van der Waals surface area contributed by atoms with E-state index in [0.29, 0.717) is 18.7 Å². The van der Waals surface area contributed by atoms with Crippen LogP contribution in [0.15, 0.2) is 18.2 Å². The summed E-state index contributed by atoms with van der Waals surface area (Å²) in [5.41, 5.74) is 0.869. The quantitative estimate of drug-likeness (QED) is 0.919. The Morgan fingerprint density at radius 3 is 3.20 bits per heavy atom. The summed E-state index contributed by atoms with van der Waals surface area (Å²) < 4.78 is 19.0. The van der Waals surface area contributed by atoms with Crippen LogP contribution >= 0.6 is 11.8 Å². The summed E-state index contributed by atoms with van der Waals surface area (Å²) in [5.74, 6) is 1.24. The Kier molecular flexibility index (Phi) is 3.85. The van der Waals surface area contributed by atoms with E-state index in [2.05, 4.69) is 0 Å². The number of hydrogen-bond acceptors (Lipinski definition) is 4. The van der Waals surface area contributed by atoms with Crippen molar-refractivity contribution >= 4 is 17.7 Å². The number of fused-ring (bicyclic) bond motifs is 1. The van der Waals surface area contributed by atoms with Crippen molar-refractivity contribution in [3.63, 3.8) is 0 Å². The van der Waals surface area contributed by atoms with Gasteiger partial charge in [0.1, 0.15) is 23.7 Å². The molecule has 1 aromatic carbocycles. The molecule has 2 heterocycles. The maximum Gasteiger partial charge on any atom is 0.321 e. The molecule has 0 amide bonds. The summed E-state index contributed by atoms with van der Waals surface area (Å²) in [6, 6.07) is 4.08. The van der Waals surface area contributed by atoms with E-state index in [0.717, 1.165) is 23.6 Å². The fourth-order valence-electron chi connectivity index (χ4n) is 2.74. The van der Waals surface area contributed by atoms with Gasteiger partial charge in [-0.25, -0.2) is 4.39 Å². The van der Waals surface area contributed by atoms with E-state index in [1.807, 2.05) is 4.90 Å². The summed E-state index contributed by atoms with van der Waals surface area (Å²) in [7, 11) is 0. The molecule has 0 aliphatic carbocycles. The number of aliphatic carboxylic acids is 1. The van der Waals surface area contributed by atoms with Crippen LogP contribution in [0, 0.1) is 5.82 Å². The first-order valence-corrected chi connectivity index (χ1v) is 7.78. The molecule has 0 saturated carbocycles. The lowest BCUT2D eigenvalue weighted by atomic mass is 10.1. The van der Waals surface area contributed by atoms with E-state index in [1.165, 1.54) is 12.1 Å². The number of nitrogens with zero attached hydrogens (tertiary/aromatic N) is 1. The number of carboxylic acids is 1. The molecule has 1 aromatic rings. The zero-order valence-corrected chi connectivity index (χ0v) is 11.7. The normalized spacial score (nSPS) is 26.1. The number of benzene rings is 1. The Bertz CT molecular complexity index is 525. The van der Waals surface area contributed by atoms with Crippen LogP contribution < -0.4 is 4.74 Å². The first kappa shape index (κ1) is 13.7. The molecular weight excluding hydrogens is 281 g/mol. The Hall–Kier alpha value is -1.27. The molecule has 2 aliphatic rings. The zero-order chi connectivity index (χ0) is 14.1. The van der Waals surface area contributed by atoms with Gasteiger partial charge in [0.25, 0.3) is 0 Å². The van der Waals surface area contributed by atoms with Gasteiger partial charge >= 0.3 is 5.97 Å². The second kappa shape index (κ2) is 5.61. The Morgan fingerprint density at radius 1 is 1.55 bits per heavy atom. The predicted molar refractivity (Wildman–Crippen MR) is 74.8 cm³/mol. The fraction of sp³-hybridized carbons (Fsp3) is 0.500. The topological polar surface area (TPSA) is 49.8 Å². The van der Waals surface area contributed by atoms with E-state index >= 15 is 0 Å². The van der Waals surface area contributed by atoms with Gasteiger partial charge in [0.15, 0.2) is 0 Å². The highest BCUT2D eigenvalue weighted by atomic mass is 32.2. The predicted octanol–water partition coefficient (Wildman–Crippen LogP) is 1.63. The van der Waals surface area contributed by atoms with Crippen molar-refractivity contribution in [2.45, 2.75) is 18.6 Å². The lowest BCUT2D eigenvalue weighted by Crippen LogP contribution is -2.50. The highest BCUT2D eigenvalue weighted by molar-refractivity contribution is 7.99. The third-order valence-electron chi connectivity index (χ3n) is 3.73. The molecule has 0 bridgehead atoms. The van der Waals surface area contributed by atoms with Crippen molar-refractivity contribution in [3.8, 4) is 5.75 Å². The van der Waals surface area contributed by atoms with E-state index in [-0.39, 0.29) is 11.9 Å². The van der Waals surface area contributed by atoms with Crippen LogP contribution in [0.5, 0.6) is 5.75 Å². The zero-order valence-electron chi connectivity index (χ0n) is 10.9. The number of carbonyl (C=O) groups is 1. The van der Waals surface area contributed by atoms with Crippen molar-refractivity contribution in [1.82, 2.24) is 4.90 Å². The van der Waals surface area contributed by atoms with Crippen molar-refractivity contribution in [3.05, 3.63) is 29.6 Å². The van der Waals surface area contributed by atoms with Gasteiger partial charge in [-0.1, -0.05) is 0 Å². The molecule has 1 N–H and O–H groups in total. The second-order valence-electron chi connectivity index (χ2n) is 5.12. The fourth-order valence-corrected chi connectivity index (χ4v) is 3.84. The van der Waals surface area contributed by atoms with Crippen molar-refractivity contribution < 1.29 is 19.0 Å². The third-order valence-corrected chi connectivity index (χ3v) is 4.75. The van der Waals surface area contributed by atoms with Crippen LogP contribution in [0.1, 0.15) is 5.56 Å². The average molecular weight is 297 g/mol. The summed E-state index contributed by atoms with van der Waals surface area (Å²) in [6.45, 7) is 1.33. The molecule has 4 nitrogen and oxygen atoms in total. The molecule has 2 atom stereocenters.